The molecule has 0 saturated heterocycles. The Morgan fingerprint density at radius 2 is 2.15 bits per heavy atom. The van der Waals surface area contributed by atoms with E-state index in [1.165, 1.54) is 11.3 Å². The molecule has 0 saturated carbocycles. The number of hydrogen-bond donors (Lipinski definition) is 2. The normalized spacial score (nSPS) is 11.1. The molecule has 0 aliphatic rings. The van der Waals surface area contributed by atoms with Crippen LogP contribution in [0.3, 0.4) is 0 Å². The number of rotatable bonds is 3. The van der Waals surface area contributed by atoms with E-state index in [2.05, 4.69) is 11.1 Å². The summed E-state index contributed by atoms with van der Waals surface area (Å²) in [7, 11) is 0. The zero-order chi connectivity index (χ0) is 14.9. The lowest BCUT2D eigenvalue weighted by atomic mass is 9.90. The number of aromatic nitrogens is 1. The minimum absolute atomic E-state index is 0.325. The Morgan fingerprint density at radius 3 is 2.60 bits per heavy atom. The first-order valence-electron chi connectivity index (χ1n) is 5.92. The number of pyridine rings is 1. The SMILES string of the molecule is CC(C)(C#N)c1ccc(-c2cc(C(N)=O)c(N)s2)cn1. The summed E-state index contributed by atoms with van der Waals surface area (Å²) in [6, 6.07) is 7.53. The van der Waals surface area contributed by atoms with Gasteiger partial charge in [0.2, 0.25) is 0 Å². The Morgan fingerprint density at radius 1 is 1.45 bits per heavy atom. The molecule has 2 heterocycles. The first-order chi connectivity index (χ1) is 9.35. The highest BCUT2D eigenvalue weighted by Gasteiger charge is 2.21. The number of nitrogen functional groups attached to an aromatic ring is 1. The predicted octanol–water partition coefficient (Wildman–Crippen LogP) is 2.29. The molecule has 2 aromatic rings. The molecule has 0 bridgehead atoms. The molecular weight excluding hydrogens is 272 g/mol. The van der Waals surface area contributed by atoms with Crippen LogP contribution in [0.25, 0.3) is 10.4 Å². The van der Waals surface area contributed by atoms with Crippen LogP contribution in [0.5, 0.6) is 0 Å². The number of thiophene rings is 1. The number of hydrogen-bond acceptors (Lipinski definition) is 5. The van der Waals surface area contributed by atoms with Gasteiger partial charge in [-0.05, 0) is 26.0 Å². The number of carbonyl (C=O) groups excluding carboxylic acids is 1. The molecule has 2 rings (SSSR count). The van der Waals surface area contributed by atoms with Gasteiger partial charge in [0.1, 0.15) is 0 Å². The van der Waals surface area contributed by atoms with E-state index in [1.54, 1.807) is 18.3 Å². The summed E-state index contributed by atoms with van der Waals surface area (Å²) in [5.74, 6) is -0.541. The summed E-state index contributed by atoms with van der Waals surface area (Å²) in [5, 5.41) is 9.48. The highest BCUT2D eigenvalue weighted by Crippen LogP contribution is 2.33. The zero-order valence-electron chi connectivity index (χ0n) is 11.2. The molecule has 0 atom stereocenters. The first kappa shape index (κ1) is 14.0. The van der Waals surface area contributed by atoms with Gasteiger partial charge in [0.15, 0.2) is 0 Å². The summed E-state index contributed by atoms with van der Waals surface area (Å²) in [5.41, 5.74) is 12.2. The Balaban J connectivity index is 2.39. The van der Waals surface area contributed by atoms with E-state index in [0.29, 0.717) is 16.3 Å². The van der Waals surface area contributed by atoms with Crippen molar-refractivity contribution in [2.45, 2.75) is 19.3 Å². The average Bonchev–Trinajstić information content (AvgIpc) is 2.81. The van der Waals surface area contributed by atoms with E-state index in [4.69, 9.17) is 16.7 Å². The van der Waals surface area contributed by atoms with Crippen molar-refractivity contribution in [1.29, 1.82) is 5.26 Å². The van der Waals surface area contributed by atoms with E-state index in [0.717, 1.165) is 10.4 Å². The molecule has 0 aromatic carbocycles. The quantitative estimate of drug-likeness (QED) is 0.902. The molecule has 1 amide bonds. The first-order valence-corrected chi connectivity index (χ1v) is 6.74. The second-order valence-corrected chi connectivity index (χ2v) is 6.01. The van der Waals surface area contributed by atoms with Gasteiger partial charge >= 0.3 is 0 Å². The summed E-state index contributed by atoms with van der Waals surface area (Å²) < 4.78 is 0. The smallest absolute Gasteiger partial charge is 0.251 e. The Kier molecular flexibility index (Phi) is 3.47. The van der Waals surface area contributed by atoms with E-state index >= 15 is 0 Å². The monoisotopic (exact) mass is 286 g/mol. The van der Waals surface area contributed by atoms with Crippen LogP contribution in [0, 0.1) is 11.3 Å². The lowest BCUT2D eigenvalue weighted by molar-refractivity contribution is 0.100. The maximum Gasteiger partial charge on any atom is 0.251 e. The van der Waals surface area contributed by atoms with Gasteiger partial charge in [0.25, 0.3) is 5.91 Å². The third kappa shape index (κ3) is 2.49. The molecule has 0 aliphatic carbocycles. The highest BCUT2D eigenvalue weighted by molar-refractivity contribution is 7.19. The lowest BCUT2D eigenvalue weighted by Crippen LogP contribution is -2.15. The molecule has 0 radical (unpaired) electrons. The van der Waals surface area contributed by atoms with Crippen LogP contribution in [-0.4, -0.2) is 10.9 Å². The van der Waals surface area contributed by atoms with Crippen LogP contribution < -0.4 is 11.5 Å². The number of primary amides is 1. The van der Waals surface area contributed by atoms with Gasteiger partial charge in [0.05, 0.1) is 27.7 Å². The van der Waals surface area contributed by atoms with Crippen LogP contribution in [0.2, 0.25) is 0 Å². The van der Waals surface area contributed by atoms with E-state index in [9.17, 15) is 4.79 Å². The summed E-state index contributed by atoms with van der Waals surface area (Å²) in [4.78, 5) is 16.3. The van der Waals surface area contributed by atoms with Crippen LogP contribution in [-0.2, 0) is 5.41 Å². The van der Waals surface area contributed by atoms with Crippen molar-refractivity contribution in [1.82, 2.24) is 4.98 Å². The Hall–Kier alpha value is -2.39. The molecule has 0 unspecified atom stereocenters. The fourth-order valence-electron chi connectivity index (χ4n) is 1.71. The van der Waals surface area contributed by atoms with Crippen LogP contribution in [0.1, 0.15) is 29.9 Å². The van der Waals surface area contributed by atoms with Gasteiger partial charge in [-0.15, -0.1) is 11.3 Å². The summed E-state index contributed by atoms with van der Waals surface area (Å²) in [6.45, 7) is 3.62. The molecule has 2 aromatic heterocycles. The Labute approximate surface area is 120 Å². The third-order valence-electron chi connectivity index (χ3n) is 2.99. The van der Waals surface area contributed by atoms with Crippen LogP contribution in [0.15, 0.2) is 24.4 Å². The van der Waals surface area contributed by atoms with E-state index in [-0.39, 0.29) is 0 Å². The van der Waals surface area contributed by atoms with Crippen LogP contribution >= 0.6 is 11.3 Å². The second kappa shape index (κ2) is 4.94. The van der Waals surface area contributed by atoms with Crippen LogP contribution in [0.4, 0.5) is 5.00 Å². The molecular formula is C14H14N4OS. The molecule has 20 heavy (non-hydrogen) atoms. The number of amides is 1. The summed E-state index contributed by atoms with van der Waals surface area (Å²) in [6.07, 6.45) is 1.67. The van der Waals surface area contributed by atoms with E-state index in [1.807, 2.05) is 19.9 Å². The fraction of sp³-hybridized carbons (Fsp3) is 0.214. The molecule has 0 spiro atoms. The maximum absolute atomic E-state index is 11.2. The molecule has 4 N–H and O–H groups in total. The van der Waals surface area contributed by atoms with Crippen molar-refractivity contribution in [3.63, 3.8) is 0 Å². The average molecular weight is 286 g/mol. The Bertz CT molecular complexity index is 695. The van der Waals surface area contributed by atoms with Crippen molar-refractivity contribution in [3.05, 3.63) is 35.7 Å². The highest BCUT2D eigenvalue weighted by atomic mass is 32.1. The number of carbonyl (C=O) groups is 1. The largest absolute Gasteiger partial charge is 0.390 e. The molecule has 5 nitrogen and oxygen atoms in total. The number of nitrogens with zero attached hydrogens (tertiary/aromatic N) is 2. The standard InChI is InChI=1S/C14H14N4OS/c1-14(2,7-15)11-4-3-8(6-18-11)10-5-9(12(16)19)13(17)20-10/h3-6H,17H2,1-2H3,(H2,16,19). The minimum Gasteiger partial charge on any atom is -0.390 e. The molecule has 0 aliphatic heterocycles. The van der Waals surface area contributed by atoms with Crippen molar-refractivity contribution in [3.8, 4) is 16.5 Å². The maximum atomic E-state index is 11.2. The number of nitriles is 1. The van der Waals surface area contributed by atoms with Crippen molar-refractivity contribution in [2.24, 2.45) is 5.73 Å². The van der Waals surface area contributed by atoms with Gasteiger partial charge < -0.3 is 11.5 Å². The number of anilines is 1. The van der Waals surface area contributed by atoms with Gasteiger partial charge in [-0.2, -0.15) is 5.26 Å². The molecule has 102 valence electrons. The zero-order valence-corrected chi connectivity index (χ0v) is 12.0. The predicted molar refractivity (Wildman–Crippen MR) is 79.1 cm³/mol. The van der Waals surface area contributed by atoms with Gasteiger partial charge in [-0.25, -0.2) is 0 Å². The van der Waals surface area contributed by atoms with Gasteiger partial charge in [-0.1, -0.05) is 6.07 Å². The van der Waals surface area contributed by atoms with E-state index < -0.39 is 11.3 Å². The minimum atomic E-state index is -0.634. The molecule has 6 heteroatoms. The summed E-state index contributed by atoms with van der Waals surface area (Å²) >= 11 is 1.29. The van der Waals surface area contributed by atoms with Crippen molar-refractivity contribution in [2.75, 3.05) is 5.73 Å². The second-order valence-electron chi connectivity index (χ2n) is 4.92. The topological polar surface area (TPSA) is 106 Å². The van der Waals surface area contributed by atoms with Gasteiger partial charge in [-0.3, -0.25) is 9.78 Å². The fourth-order valence-corrected chi connectivity index (χ4v) is 2.63. The van der Waals surface area contributed by atoms with Crippen molar-refractivity contribution >= 4 is 22.2 Å². The number of nitrogens with two attached hydrogens (primary N) is 2. The third-order valence-corrected chi connectivity index (χ3v) is 4.01. The van der Waals surface area contributed by atoms with Crippen molar-refractivity contribution < 1.29 is 4.79 Å². The molecule has 0 fully saturated rings. The van der Waals surface area contributed by atoms with Gasteiger partial charge in [0, 0.05) is 16.6 Å². The lowest BCUT2D eigenvalue weighted by Gasteiger charge is -2.14.